The molecule has 5 heteroatoms. The molecule has 1 aliphatic rings. The zero-order valence-electron chi connectivity index (χ0n) is 24.1. The number of nitrogens with one attached hydrogen (secondary N) is 1. The second-order valence-corrected chi connectivity index (χ2v) is 12.1. The van der Waals surface area contributed by atoms with Crippen molar-refractivity contribution in [2.24, 2.45) is 0 Å². The lowest BCUT2D eigenvalue weighted by molar-refractivity contribution is 0.578. The maximum Gasteiger partial charge on any atom is 0.123 e. The van der Waals surface area contributed by atoms with Crippen LogP contribution in [0.15, 0.2) is 140 Å². The number of allylic oxidation sites excluding steroid dienone is 2. The van der Waals surface area contributed by atoms with Crippen LogP contribution in [0.4, 0.5) is 0 Å². The number of rotatable bonds is 2. The summed E-state index contributed by atoms with van der Waals surface area (Å²) in [5, 5.41) is 14.0. The van der Waals surface area contributed by atoms with Gasteiger partial charge >= 0.3 is 0 Å². The Balaban J connectivity index is 1.18. The van der Waals surface area contributed by atoms with Gasteiger partial charge in [0.15, 0.2) is 0 Å². The Kier molecular flexibility index (Phi) is 4.32. The van der Waals surface area contributed by atoms with E-state index in [-0.39, 0.29) is 6.17 Å². The molecule has 0 saturated heterocycles. The third kappa shape index (κ3) is 2.86. The summed E-state index contributed by atoms with van der Waals surface area (Å²) < 4.78 is 7.25. The predicted molar refractivity (Wildman–Crippen MR) is 187 cm³/mol. The van der Waals surface area contributed by atoms with Crippen LogP contribution in [-0.2, 0) is 0 Å². The Morgan fingerprint density at radius 3 is 1.93 bits per heavy atom. The first-order chi connectivity index (χ1) is 22.4. The smallest absolute Gasteiger partial charge is 0.123 e. The first kappa shape index (κ1) is 23.4. The number of aromatic nitrogens is 4. The van der Waals surface area contributed by atoms with Gasteiger partial charge in [-0.25, -0.2) is 0 Å². The molecule has 0 fully saturated rings. The van der Waals surface area contributed by atoms with Gasteiger partial charge in [0, 0.05) is 55.5 Å². The first-order valence-corrected chi connectivity index (χ1v) is 15.4. The molecule has 10 aromatic rings. The van der Waals surface area contributed by atoms with E-state index in [1.54, 1.807) is 0 Å². The lowest BCUT2D eigenvalue weighted by Gasteiger charge is -2.23. The van der Waals surface area contributed by atoms with Crippen LogP contribution in [0.3, 0.4) is 0 Å². The van der Waals surface area contributed by atoms with Gasteiger partial charge in [0.05, 0.1) is 50.5 Å². The molecule has 0 bridgehead atoms. The van der Waals surface area contributed by atoms with Gasteiger partial charge in [-0.05, 0) is 48.6 Å². The van der Waals surface area contributed by atoms with Crippen LogP contribution in [0.25, 0.3) is 87.4 Å². The van der Waals surface area contributed by atoms with Crippen molar-refractivity contribution in [3.8, 4) is 0 Å². The van der Waals surface area contributed by atoms with Crippen molar-refractivity contribution in [3.63, 3.8) is 0 Å². The summed E-state index contributed by atoms with van der Waals surface area (Å²) in [7, 11) is 0. The van der Waals surface area contributed by atoms with Crippen molar-refractivity contribution in [1.82, 2.24) is 23.8 Å². The molecule has 11 rings (SSSR count). The maximum atomic E-state index is 4.47. The molecule has 0 spiro atoms. The molecule has 0 saturated carbocycles. The zero-order chi connectivity index (χ0) is 29.2. The molecule has 45 heavy (non-hydrogen) atoms. The fourth-order valence-corrected chi connectivity index (χ4v) is 8.15. The highest BCUT2D eigenvalue weighted by Gasteiger charge is 2.25. The third-order valence-electron chi connectivity index (χ3n) is 9.91. The van der Waals surface area contributed by atoms with Gasteiger partial charge in [-0.1, -0.05) is 72.8 Å². The van der Waals surface area contributed by atoms with Crippen LogP contribution in [0.5, 0.6) is 0 Å². The fourth-order valence-electron chi connectivity index (χ4n) is 8.15. The number of pyridine rings is 1. The molecule has 0 amide bonds. The summed E-state index contributed by atoms with van der Waals surface area (Å²) in [5.74, 6) is 0. The highest BCUT2D eigenvalue weighted by molar-refractivity contribution is 6.35. The van der Waals surface area contributed by atoms with Crippen LogP contribution in [0.2, 0.25) is 0 Å². The van der Waals surface area contributed by atoms with Crippen LogP contribution in [0.1, 0.15) is 6.17 Å². The second kappa shape index (κ2) is 8.30. The van der Waals surface area contributed by atoms with E-state index in [1.165, 1.54) is 76.2 Å². The number of para-hydroxylation sites is 4. The van der Waals surface area contributed by atoms with Crippen molar-refractivity contribution in [2.45, 2.75) is 6.17 Å². The van der Waals surface area contributed by atoms with Crippen LogP contribution < -0.4 is 5.32 Å². The Bertz CT molecular complexity index is 2860. The summed E-state index contributed by atoms with van der Waals surface area (Å²) in [6, 6.07) is 39.6. The van der Waals surface area contributed by atoms with Gasteiger partial charge in [-0.3, -0.25) is 4.98 Å². The van der Waals surface area contributed by atoms with E-state index in [2.05, 4.69) is 151 Å². The van der Waals surface area contributed by atoms with Crippen LogP contribution >= 0.6 is 0 Å². The van der Waals surface area contributed by atoms with Crippen LogP contribution in [0, 0.1) is 0 Å². The summed E-state index contributed by atoms with van der Waals surface area (Å²) in [4.78, 5) is 4.47. The summed E-state index contributed by atoms with van der Waals surface area (Å²) in [6.07, 6.45) is 10.5. The molecule has 210 valence electrons. The van der Waals surface area contributed by atoms with E-state index >= 15 is 0 Å². The molecule has 1 atom stereocenters. The number of dihydropyridines is 1. The number of nitrogens with zero attached hydrogens (tertiary/aromatic N) is 4. The minimum Gasteiger partial charge on any atom is -0.366 e. The van der Waals surface area contributed by atoms with Gasteiger partial charge in [-0.15, -0.1) is 0 Å². The molecule has 0 radical (unpaired) electrons. The number of fused-ring (bicyclic) bond motifs is 13. The normalized spacial score (nSPS) is 15.6. The predicted octanol–water partition coefficient (Wildman–Crippen LogP) is 9.60. The van der Waals surface area contributed by atoms with E-state index in [9.17, 15) is 0 Å². The largest absolute Gasteiger partial charge is 0.366 e. The molecule has 0 aliphatic carbocycles. The highest BCUT2D eigenvalue weighted by Crippen LogP contribution is 2.46. The van der Waals surface area contributed by atoms with Crippen molar-refractivity contribution in [1.29, 1.82) is 0 Å². The van der Waals surface area contributed by atoms with E-state index in [1.807, 2.05) is 12.4 Å². The molecule has 1 aliphatic heterocycles. The summed E-state index contributed by atoms with van der Waals surface area (Å²) in [6.45, 7) is 0. The standard InChI is InChI=1S/C40H25N5/c1-5-13-31-25(9-1)27-19-20-41-23-36(27)43(31)24-17-18-37(42-22-24)44-33-15-7-3-11-28(33)38-35(44)21-30-26-10-2-6-14-32(26)45-34-16-8-4-12-29(34)39(38)40(30)45/h1-23,37,42H. The van der Waals surface area contributed by atoms with Gasteiger partial charge in [0.1, 0.15) is 6.17 Å². The maximum absolute atomic E-state index is 4.47. The number of hydrogen-bond acceptors (Lipinski definition) is 2. The SMILES string of the molecule is C1=CC(n2c3ccccc3c3c4c5ccccc5n5c6ccccc6c(cc32)c45)NC=C1n1c2ccccc2c2ccncc21. The minimum atomic E-state index is -0.0583. The molecule has 6 heterocycles. The van der Waals surface area contributed by atoms with E-state index in [0.29, 0.717) is 0 Å². The van der Waals surface area contributed by atoms with Crippen molar-refractivity contribution in [2.75, 3.05) is 0 Å². The second-order valence-electron chi connectivity index (χ2n) is 12.1. The lowest BCUT2D eigenvalue weighted by atomic mass is 10.0. The summed E-state index contributed by atoms with van der Waals surface area (Å²) in [5.41, 5.74) is 9.64. The molecule has 5 aromatic carbocycles. The fraction of sp³-hybridized carbons (Fsp3) is 0.0250. The topological polar surface area (TPSA) is 39.2 Å². The number of benzene rings is 5. The molecule has 5 aromatic heterocycles. The average Bonchev–Trinajstić information content (AvgIpc) is 3.82. The molecular formula is C40H25N5. The Labute approximate surface area is 256 Å². The minimum absolute atomic E-state index is 0.0583. The Hall–Kier alpha value is -6.07. The number of hydrogen-bond donors (Lipinski definition) is 1. The molecule has 1 unspecified atom stereocenters. The zero-order valence-corrected chi connectivity index (χ0v) is 24.1. The van der Waals surface area contributed by atoms with E-state index in [0.717, 1.165) is 11.2 Å². The molecule has 1 N–H and O–H groups in total. The Morgan fingerprint density at radius 1 is 0.556 bits per heavy atom. The van der Waals surface area contributed by atoms with E-state index in [4.69, 9.17) is 0 Å². The monoisotopic (exact) mass is 575 g/mol. The highest BCUT2D eigenvalue weighted by atomic mass is 15.2. The lowest BCUT2D eigenvalue weighted by Crippen LogP contribution is -2.23. The first-order valence-electron chi connectivity index (χ1n) is 15.4. The van der Waals surface area contributed by atoms with Crippen molar-refractivity contribution >= 4 is 87.4 Å². The average molecular weight is 576 g/mol. The van der Waals surface area contributed by atoms with Crippen LogP contribution in [-0.4, -0.2) is 18.5 Å². The van der Waals surface area contributed by atoms with Gasteiger partial charge < -0.3 is 18.9 Å². The van der Waals surface area contributed by atoms with Crippen molar-refractivity contribution in [3.05, 3.63) is 140 Å². The molecule has 5 nitrogen and oxygen atoms in total. The van der Waals surface area contributed by atoms with E-state index < -0.39 is 0 Å². The quantitative estimate of drug-likeness (QED) is 0.223. The van der Waals surface area contributed by atoms with Gasteiger partial charge in [-0.2, -0.15) is 0 Å². The third-order valence-corrected chi connectivity index (χ3v) is 9.91. The van der Waals surface area contributed by atoms with Gasteiger partial charge in [0.2, 0.25) is 0 Å². The van der Waals surface area contributed by atoms with Gasteiger partial charge in [0.25, 0.3) is 0 Å². The molecular weight excluding hydrogens is 550 g/mol. The summed E-state index contributed by atoms with van der Waals surface area (Å²) >= 11 is 0. The Morgan fingerprint density at radius 2 is 1.18 bits per heavy atom. The van der Waals surface area contributed by atoms with Crippen molar-refractivity contribution < 1.29 is 0 Å².